The molecule has 0 fully saturated rings. The van der Waals surface area contributed by atoms with E-state index < -0.39 is 17.4 Å². The molecule has 2 rings (SSSR count). The topological polar surface area (TPSA) is 48.1 Å². The van der Waals surface area contributed by atoms with Crippen LogP contribution in [-0.4, -0.2) is 4.98 Å². The van der Waals surface area contributed by atoms with Crippen molar-refractivity contribution in [3.8, 4) is 5.75 Å². The molecule has 1 aromatic carbocycles. The first-order valence-corrected chi connectivity index (χ1v) is 4.94. The highest BCUT2D eigenvalue weighted by atomic mass is 19.1. The molecule has 2 N–H and O–H groups in total. The average Bonchev–Trinajstić information content (AvgIpc) is 2.30. The average molecular weight is 236 g/mol. The molecule has 1 aromatic heterocycles. The molecule has 5 heteroatoms. The second-order valence-corrected chi connectivity index (χ2v) is 3.39. The van der Waals surface area contributed by atoms with Crippen LogP contribution in [0.4, 0.5) is 14.6 Å². The lowest BCUT2D eigenvalue weighted by atomic mass is 10.2. The molecule has 17 heavy (non-hydrogen) atoms. The number of ether oxygens (including phenoxy) is 1. The van der Waals surface area contributed by atoms with Crippen molar-refractivity contribution in [2.75, 3.05) is 5.73 Å². The van der Waals surface area contributed by atoms with Crippen LogP contribution in [0.3, 0.4) is 0 Å². The molecule has 0 unspecified atom stereocenters. The number of hydrogen-bond donors (Lipinski definition) is 1. The van der Waals surface area contributed by atoms with Crippen molar-refractivity contribution in [3.63, 3.8) is 0 Å². The van der Waals surface area contributed by atoms with Gasteiger partial charge in [0.1, 0.15) is 12.4 Å². The van der Waals surface area contributed by atoms with Crippen molar-refractivity contribution in [2.45, 2.75) is 6.61 Å². The largest absolute Gasteiger partial charge is 0.483 e. The first-order valence-electron chi connectivity index (χ1n) is 4.94. The van der Waals surface area contributed by atoms with Gasteiger partial charge in [0.15, 0.2) is 17.4 Å². The van der Waals surface area contributed by atoms with Gasteiger partial charge in [-0.1, -0.05) is 12.1 Å². The molecule has 0 radical (unpaired) electrons. The smallest absolute Gasteiger partial charge is 0.191 e. The molecule has 2 aromatic rings. The summed E-state index contributed by atoms with van der Waals surface area (Å²) in [6, 6.07) is 6.89. The van der Waals surface area contributed by atoms with Crippen LogP contribution in [0.15, 0.2) is 36.5 Å². The highest BCUT2D eigenvalue weighted by Crippen LogP contribution is 2.22. The number of para-hydroxylation sites is 1. The van der Waals surface area contributed by atoms with E-state index in [9.17, 15) is 8.78 Å². The van der Waals surface area contributed by atoms with Gasteiger partial charge in [0, 0.05) is 11.8 Å². The zero-order valence-electron chi connectivity index (χ0n) is 8.86. The number of rotatable bonds is 3. The Hall–Kier alpha value is -2.17. The van der Waals surface area contributed by atoms with E-state index in [0.29, 0.717) is 5.56 Å². The van der Waals surface area contributed by atoms with Crippen LogP contribution in [0.2, 0.25) is 0 Å². The summed E-state index contributed by atoms with van der Waals surface area (Å²) in [4.78, 5) is 3.85. The van der Waals surface area contributed by atoms with Gasteiger partial charge in [0.05, 0.1) is 0 Å². The maximum atomic E-state index is 13.2. The Balaban J connectivity index is 2.16. The molecule has 0 aliphatic heterocycles. The summed E-state index contributed by atoms with van der Waals surface area (Å²) >= 11 is 0. The number of anilines is 1. The van der Waals surface area contributed by atoms with Crippen molar-refractivity contribution < 1.29 is 13.5 Å². The van der Waals surface area contributed by atoms with E-state index in [0.717, 1.165) is 12.1 Å². The number of halogens is 2. The Bertz CT molecular complexity index is 511. The van der Waals surface area contributed by atoms with Crippen LogP contribution < -0.4 is 10.5 Å². The third-order valence-corrected chi connectivity index (χ3v) is 2.22. The van der Waals surface area contributed by atoms with Gasteiger partial charge in [-0.2, -0.15) is 0 Å². The van der Waals surface area contributed by atoms with Gasteiger partial charge < -0.3 is 10.5 Å². The molecule has 0 bridgehead atoms. The molecule has 0 saturated carbocycles. The number of benzene rings is 1. The van der Waals surface area contributed by atoms with E-state index in [-0.39, 0.29) is 12.4 Å². The van der Waals surface area contributed by atoms with E-state index in [1.807, 2.05) is 0 Å². The Morgan fingerprint density at radius 1 is 1.12 bits per heavy atom. The summed E-state index contributed by atoms with van der Waals surface area (Å²) in [7, 11) is 0. The summed E-state index contributed by atoms with van der Waals surface area (Å²) in [6.45, 7) is -0.0302. The standard InChI is InChI=1S/C12H10F2N2O/c13-9-4-1-5-10(14)11(9)17-7-8-3-2-6-16-12(8)15/h1-6H,7H2,(H2,15,16). The maximum Gasteiger partial charge on any atom is 0.191 e. The van der Waals surface area contributed by atoms with Crippen molar-refractivity contribution in [1.82, 2.24) is 4.98 Å². The van der Waals surface area contributed by atoms with E-state index in [2.05, 4.69) is 4.98 Å². The second kappa shape index (κ2) is 4.78. The van der Waals surface area contributed by atoms with Gasteiger partial charge in [-0.05, 0) is 18.2 Å². The SMILES string of the molecule is Nc1ncccc1COc1c(F)cccc1F. The zero-order valence-corrected chi connectivity index (χ0v) is 8.86. The summed E-state index contributed by atoms with van der Waals surface area (Å²) in [5.74, 6) is -1.61. The number of nitrogens with two attached hydrogens (primary N) is 1. The van der Waals surface area contributed by atoms with Gasteiger partial charge in [-0.25, -0.2) is 13.8 Å². The number of nitrogen functional groups attached to an aromatic ring is 1. The molecule has 0 amide bonds. The predicted octanol–water partition coefficient (Wildman–Crippen LogP) is 2.52. The van der Waals surface area contributed by atoms with Gasteiger partial charge in [-0.3, -0.25) is 0 Å². The number of pyridine rings is 1. The van der Waals surface area contributed by atoms with Gasteiger partial charge in [0.2, 0.25) is 0 Å². The Morgan fingerprint density at radius 3 is 2.47 bits per heavy atom. The van der Waals surface area contributed by atoms with E-state index >= 15 is 0 Å². The Kier molecular flexibility index (Phi) is 3.18. The lowest BCUT2D eigenvalue weighted by Crippen LogP contribution is -2.03. The summed E-state index contributed by atoms with van der Waals surface area (Å²) < 4.78 is 31.5. The fourth-order valence-electron chi connectivity index (χ4n) is 1.34. The molecular formula is C12H10F2N2O. The monoisotopic (exact) mass is 236 g/mol. The summed E-state index contributed by atoms with van der Waals surface area (Å²) in [6.07, 6.45) is 1.53. The summed E-state index contributed by atoms with van der Waals surface area (Å²) in [5.41, 5.74) is 6.16. The minimum atomic E-state index is -0.743. The summed E-state index contributed by atoms with van der Waals surface area (Å²) in [5, 5.41) is 0. The van der Waals surface area contributed by atoms with Crippen LogP contribution in [0.1, 0.15) is 5.56 Å². The second-order valence-electron chi connectivity index (χ2n) is 3.39. The van der Waals surface area contributed by atoms with Crippen molar-refractivity contribution in [3.05, 3.63) is 53.7 Å². The minimum absolute atomic E-state index is 0.0302. The molecule has 0 atom stereocenters. The minimum Gasteiger partial charge on any atom is -0.483 e. The van der Waals surface area contributed by atoms with Gasteiger partial charge in [-0.15, -0.1) is 0 Å². The van der Waals surface area contributed by atoms with Crippen LogP contribution in [0.25, 0.3) is 0 Å². The van der Waals surface area contributed by atoms with E-state index in [1.165, 1.54) is 12.3 Å². The number of nitrogens with zero attached hydrogens (tertiary/aromatic N) is 1. The first kappa shape index (κ1) is 11.3. The van der Waals surface area contributed by atoms with Crippen LogP contribution >= 0.6 is 0 Å². The Labute approximate surface area is 96.9 Å². The van der Waals surface area contributed by atoms with Crippen LogP contribution in [0, 0.1) is 11.6 Å². The third kappa shape index (κ3) is 2.50. The molecule has 1 heterocycles. The highest BCUT2D eigenvalue weighted by Gasteiger charge is 2.10. The zero-order chi connectivity index (χ0) is 12.3. The lowest BCUT2D eigenvalue weighted by Gasteiger charge is -2.09. The molecule has 88 valence electrons. The van der Waals surface area contributed by atoms with Crippen LogP contribution in [0.5, 0.6) is 5.75 Å². The predicted molar refractivity (Wildman–Crippen MR) is 59.3 cm³/mol. The van der Waals surface area contributed by atoms with Gasteiger partial charge >= 0.3 is 0 Å². The number of aromatic nitrogens is 1. The quantitative estimate of drug-likeness (QED) is 0.890. The van der Waals surface area contributed by atoms with E-state index in [4.69, 9.17) is 10.5 Å². The first-order chi connectivity index (χ1) is 8.18. The molecule has 0 aliphatic rings. The van der Waals surface area contributed by atoms with E-state index in [1.54, 1.807) is 12.1 Å². The molecule has 0 spiro atoms. The molecule has 0 saturated heterocycles. The van der Waals surface area contributed by atoms with Crippen molar-refractivity contribution in [1.29, 1.82) is 0 Å². The fourth-order valence-corrected chi connectivity index (χ4v) is 1.34. The van der Waals surface area contributed by atoms with Crippen LogP contribution in [-0.2, 0) is 6.61 Å². The normalized spacial score (nSPS) is 10.2. The molecule has 0 aliphatic carbocycles. The maximum absolute atomic E-state index is 13.2. The fraction of sp³-hybridized carbons (Fsp3) is 0.0833. The van der Waals surface area contributed by atoms with Crippen molar-refractivity contribution >= 4 is 5.82 Å². The lowest BCUT2D eigenvalue weighted by molar-refractivity contribution is 0.274. The van der Waals surface area contributed by atoms with Crippen molar-refractivity contribution in [2.24, 2.45) is 0 Å². The molecule has 3 nitrogen and oxygen atoms in total. The number of hydrogen-bond acceptors (Lipinski definition) is 3. The Morgan fingerprint density at radius 2 is 1.82 bits per heavy atom. The molecular weight excluding hydrogens is 226 g/mol. The van der Waals surface area contributed by atoms with Gasteiger partial charge in [0.25, 0.3) is 0 Å². The highest BCUT2D eigenvalue weighted by molar-refractivity contribution is 5.38. The third-order valence-electron chi connectivity index (χ3n) is 2.22.